The summed E-state index contributed by atoms with van der Waals surface area (Å²) in [4.78, 5) is 23.0. The highest BCUT2D eigenvalue weighted by molar-refractivity contribution is 5.93. The molecule has 114 valence electrons. The van der Waals surface area contributed by atoms with Crippen LogP contribution in [0, 0.1) is 13.8 Å². The molecular formula is C17H23NO3. The van der Waals surface area contributed by atoms with Crippen molar-refractivity contribution in [2.45, 2.75) is 46.5 Å². The van der Waals surface area contributed by atoms with Crippen LogP contribution in [0.4, 0.5) is 5.69 Å². The van der Waals surface area contributed by atoms with Crippen molar-refractivity contribution in [1.29, 1.82) is 0 Å². The second-order valence-electron chi connectivity index (χ2n) is 6.06. The van der Waals surface area contributed by atoms with E-state index in [0.717, 1.165) is 16.7 Å². The molecule has 0 unspecified atom stereocenters. The maximum absolute atomic E-state index is 12.0. The van der Waals surface area contributed by atoms with Gasteiger partial charge in [0.1, 0.15) is 0 Å². The first kappa shape index (κ1) is 17.0. The number of anilines is 1. The van der Waals surface area contributed by atoms with Gasteiger partial charge in [-0.05, 0) is 36.6 Å². The third-order valence-corrected chi connectivity index (χ3v) is 3.40. The summed E-state index contributed by atoms with van der Waals surface area (Å²) in [7, 11) is 0. The van der Waals surface area contributed by atoms with Crippen LogP contribution in [-0.2, 0) is 19.7 Å². The van der Waals surface area contributed by atoms with Crippen molar-refractivity contribution in [1.82, 2.24) is 0 Å². The van der Waals surface area contributed by atoms with E-state index in [2.05, 4.69) is 6.58 Å². The minimum atomic E-state index is -0.490. The highest BCUT2D eigenvalue weighted by Gasteiger charge is 2.29. The Hall–Kier alpha value is -2.10. The summed E-state index contributed by atoms with van der Waals surface area (Å²) in [6, 6.07) is 3.93. The molecule has 1 aromatic carbocycles. The summed E-state index contributed by atoms with van der Waals surface area (Å²) < 4.78 is 4.95. The van der Waals surface area contributed by atoms with Crippen LogP contribution >= 0.6 is 0 Å². The molecule has 1 aromatic rings. The van der Waals surface area contributed by atoms with E-state index in [0.29, 0.717) is 5.69 Å². The molecule has 4 nitrogen and oxygen atoms in total. The van der Waals surface area contributed by atoms with Crippen molar-refractivity contribution in [3.63, 3.8) is 0 Å². The van der Waals surface area contributed by atoms with Crippen LogP contribution in [-0.4, -0.2) is 11.8 Å². The summed E-state index contributed by atoms with van der Waals surface area (Å²) in [6.45, 7) is 12.5. The number of ketones is 1. The van der Waals surface area contributed by atoms with E-state index in [9.17, 15) is 9.59 Å². The van der Waals surface area contributed by atoms with Crippen molar-refractivity contribution in [3.8, 4) is 0 Å². The number of Topliss-reactive ketones (excluding diaryl/α,β-unsaturated/α-hetero) is 1. The molecule has 0 saturated carbocycles. The Labute approximate surface area is 126 Å². The Bertz CT molecular complexity index is 577. The summed E-state index contributed by atoms with van der Waals surface area (Å²) >= 11 is 0. The van der Waals surface area contributed by atoms with Crippen molar-refractivity contribution in [2.24, 2.45) is 0 Å². The van der Waals surface area contributed by atoms with Gasteiger partial charge in [0.2, 0.25) is 0 Å². The largest absolute Gasteiger partial charge is 0.423 e. The van der Waals surface area contributed by atoms with Crippen LogP contribution in [0.3, 0.4) is 0 Å². The van der Waals surface area contributed by atoms with Gasteiger partial charge in [0.15, 0.2) is 11.5 Å². The summed E-state index contributed by atoms with van der Waals surface area (Å²) in [5.74, 6) is -0.976. The summed E-state index contributed by atoms with van der Waals surface area (Å²) in [5.41, 5.74) is 9.33. The normalized spacial score (nSPS) is 11.1. The van der Waals surface area contributed by atoms with Crippen LogP contribution in [0.1, 0.15) is 43.9 Å². The minimum Gasteiger partial charge on any atom is -0.423 e. The van der Waals surface area contributed by atoms with Crippen LogP contribution in [0.5, 0.6) is 0 Å². The number of hydrogen-bond acceptors (Lipinski definition) is 4. The first-order valence-electron chi connectivity index (χ1n) is 6.82. The van der Waals surface area contributed by atoms with E-state index in [4.69, 9.17) is 10.5 Å². The topological polar surface area (TPSA) is 69.4 Å². The lowest BCUT2D eigenvalue weighted by atomic mass is 9.78. The Morgan fingerprint density at radius 2 is 1.86 bits per heavy atom. The monoisotopic (exact) mass is 289 g/mol. The fourth-order valence-corrected chi connectivity index (χ4v) is 2.62. The predicted molar refractivity (Wildman–Crippen MR) is 83.9 cm³/mol. The molecule has 4 heteroatoms. The number of aryl methyl sites for hydroxylation is 2. The number of allylic oxidation sites excluding steroid dienone is 1. The number of ether oxygens (including phenoxy) is 1. The molecule has 0 amide bonds. The van der Waals surface area contributed by atoms with E-state index in [1.54, 1.807) is 0 Å². The van der Waals surface area contributed by atoms with Gasteiger partial charge in [-0.3, -0.25) is 9.59 Å². The average Bonchev–Trinajstić information content (AvgIpc) is 2.24. The number of rotatable bonds is 5. The zero-order chi connectivity index (χ0) is 16.4. The first-order valence-corrected chi connectivity index (χ1v) is 6.82. The van der Waals surface area contributed by atoms with Crippen LogP contribution in [0.25, 0.3) is 0 Å². The Balaban J connectivity index is 2.99. The zero-order valence-electron chi connectivity index (χ0n) is 13.4. The Morgan fingerprint density at radius 1 is 1.29 bits per heavy atom. The van der Waals surface area contributed by atoms with Crippen molar-refractivity contribution in [2.75, 3.05) is 5.73 Å². The molecule has 0 atom stereocenters. The standard InChI is InChI=1S/C17H23NO3/c1-10-7-11(2)16(14(18)8-10)17(5,6)9-15(20)21-13(4)12(3)19/h7-8H,4,9,18H2,1-3,5-6H3. The van der Waals surface area contributed by atoms with Crippen molar-refractivity contribution >= 4 is 17.4 Å². The number of nitrogens with two attached hydrogens (primary N) is 1. The molecular weight excluding hydrogens is 266 g/mol. The molecule has 0 aliphatic heterocycles. The molecule has 0 spiro atoms. The SMILES string of the molecule is C=C(OC(=O)CC(C)(C)c1c(C)cc(C)cc1N)C(C)=O. The molecule has 0 heterocycles. The van der Waals surface area contributed by atoms with Crippen molar-refractivity contribution < 1.29 is 14.3 Å². The highest BCUT2D eigenvalue weighted by Crippen LogP contribution is 2.35. The number of hydrogen-bond donors (Lipinski definition) is 1. The molecule has 0 aliphatic rings. The van der Waals surface area contributed by atoms with E-state index < -0.39 is 11.4 Å². The number of nitrogen functional groups attached to an aromatic ring is 1. The molecule has 0 saturated heterocycles. The lowest BCUT2D eigenvalue weighted by molar-refractivity contribution is -0.143. The molecule has 0 bridgehead atoms. The molecule has 21 heavy (non-hydrogen) atoms. The predicted octanol–water partition coefficient (Wildman–Crippen LogP) is 3.20. The molecule has 0 aliphatic carbocycles. The number of carbonyl (C=O) groups excluding carboxylic acids is 2. The van der Waals surface area contributed by atoms with Gasteiger partial charge in [0, 0.05) is 18.0 Å². The van der Waals surface area contributed by atoms with E-state index in [1.165, 1.54) is 6.92 Å². The number of carbonyl (C=O) groups is 2. The van der Waals surface area contributed by atoms with Gasteiger partial charge in [-0.2, -0.15) is 0 Å². The average molecular weight is 289 g/mol. The minimum absolute atomic E-state index is 0.118. The highest BCUT2D eigenvalue weighted by atomic mass is 16.5. The van der Waals surface area contributed by atoms with Gasteiger partial charge >= 0.3 is 5.97 Å². The van der Waals surface area contributed by atoms with E-state index in [1.807, 2.05) is 39.8 Å². The van der Waals surface area contributed by atoms with Gasteiger partial charge in [-0.25, -0.2) is 0 Å². The third kappa shape index (κ3) is 4.18. The summed E-state index contributed by atoms with van der Waals surface area (Å²) in [6.07, 6.45) is 0.118. The maximum atomic E-state index is 12.0. The summed E-state index contributed by atoms with van der Waals surface area (Å²) in [5, 5.41) is 0. The second-order valence-corrected chi connectivity index (χ2v) is 6.06. The van der Waals surface area contributed by atoms with Crippen LogP contribution in [0.15, 0.2) is 24.5 Å². The fraction of sp³-hybridized carbons (Fsp3) is 0.412. The van der Waals surface area contributed by atoms with E-state index >= 15 is 0 Å². The number of esters is 1. The molecule has 0 fully saturated rings. The van der Waals surface area contributed by atoms with Crippen LogP contribution in [0.2, 0.25) is 0 Å². The van der Waals surface area contributed by atoms with Gasteiger partial charge in [-0.15, -0.1) is 0 Å². The maximum Gasteiger partial charge on any atom is 0.312 e. The van der Waals surface area contributed by atoms with Gasteiger partial charge in [0.05, 0.1) is 6.42 Å². The van der Waals surface area contributed by atoms with E-state index in [-0.39, 0.29) is 18.0 Å². The molecule has 1 rings (SSSR count). The van der Waals surface area contributed by atoms with Gasteiger partial charge in [0.25, 0.3) is 0 Å². The molecule has 0 radical (unpaired) electrons. The first-order chi connectivity index (χ1) is 9.54. The zero-order valence-corrected chi connectivity index (χ0v) is 13.4. The quantitative estimate of drug-likeness (QED) is 0.391. The smallest absolute Gasteiger partial charge is 0.312 e. The Kier molecular flexibility index (Phi) is 4.94. The lowest BCUT2D eigenvalue weighted by Gasteiger charge is -2.28. The fourth-order valence-electron chi connectivity index (χ4n) is 2.62. The van der Waals surface area contributed by atoms with Crippen LogP contribution < -0.4 is 5.73 Å². The second kappa shape index (κ2) is 6.12. The molecule has 0 aromatic heterocycles. The van der Waals surface area contributed by atoms with Gasteiger partial charge in [-0.1, -0.05) is 26.5 Å². The molecule has 2 N–H and O–H groups in total. The van der Waals surface area contributed by atoms with Gasteiger partial charge < -0.3 is 10.5 Å². The lowest BCUT2D eigenvalue weighted by Crippen LogP contribution is -2.26. The third-order valence-electron chi connectivity index (χ3n) is 3.40. The number of benzene rings is 1. The van der Waals surface area contributed by atoms with Crippen molar-refractivity contribution in [3.05, 3.63) is 41.2 Å². The Morgan fingerprint density at radius 3 is 2.33 bits per heavy atom.